The van der Waals surface area contributed by atoms with Gasteiger partial charge < -0.3 is 18.9 Å². The van der Waals surface area contributed by atoms with Crippen LogP contribution < -0.4 is 10.1 Å². The SMILES string of the molecule is COc1cccc2cc(C(=O)NC[C@@H](c3cc4ccccc4o3)N(C)C)oc12. The Morgan fingerprint density at radius 3 is 2.61 bits per heavy atom. The zero-order valence-corrected chi connectivity index (χ0v) is 16.1. The molecule has 0 aliphatic rings. The van der Waals surface area contributed by atoms with Gasteiger partial charge in [0.1, 0.15) is 11.3 Å². The predicted molar refractivity (Wildman–Crippen MR) is 108 cm³/mol. The van der Waals surface area contributed by atoms with E-state index in [1.54, 1.807) is 19.2 Å². The summed E-state index contributed by atoms with van der Waals surface area (Å²) in [6, 6.07) is 17.0. The number of ether oxygens (including phenoxy) is 1. The lowest BCUT2D eigenvalue weighted by molar-refractivity contribution is 0.0913. The van der Waals surface area contributed by atoms with Crippen LogP contribution in [-0.2, 0) is 0 Å². The molecule has 1 atom stereocenters. The van der Waals surface area contributed by atoms with Gasteiger partial charge in [0, 0.05) is 17.3 Å². The summed E-state index contributed by atoms with van der Waals surface area (Å²) >= 11 is 0. The van der Waals surface area contributed by atoms with Gasteiger partial charge >= 0.3 is 0 Å². The van der Waals surface area contributed by atoms with Crippen LogP contribution in [-0.4, -0.2) is 38.6 Å². The lowest BCUT2D eigenvalue weighted by atomic mass is 10.1. The summed E-state index contributed by atoms with van der Waals surface area (Å²) in [5.41, 5.74) is 1.40. The topological polar surface area (TPSA) is 67.8 Å². The van der Waals surface area contributed by atoms with Crippen LogP contribution in [0.1, 0.15) is 22.4 Å². The summed E-state index contributed by atoms with van der Waals surface area (Å²) in [5, 5.41) is 4.81. The third-order valence-corrected chi connectivity index (χ3v) is 4.80. The maximum absolute atomic E-state index is 12.6. The molecule has 144 valence electrons. The standard InChI is InChI=1S/C22H22N2O4/c1-24(2)16(19-11-14-7-4-5-9-17(14)27-19)13-23-22(25)20-12-15-8-6-10-18(26-3)21(15)28-20/h4-12,16H,13H2,1-3H3,(H,23,25)/t16-/m0/s1. The van der Waals surface area contributed by atoms with E-state index in [1.165, 1.54) is 0 Å². The van der Waals surface area contributed by atoms with Gasteiger partial charge in [-0.25, -0.2) is 0 Å². The molecule has 0 saturated heterocycles. The van der Waals surface area contributed by atoms with Crippen LogP contribution in [0.2, 0.25) is 0 Å². The van der Waals surface area contributed by atoms with Crippen molar-refractivity contribution < 1.29 is 18.4 Å². The van der Waals surface area contributed by atoms with Crippen LogP contribution in [0, 0.1) is 0 Å². The fraction of sp³-hybridized carbons (Fsp3) is 0.227. The molecule has 0 aliphatic carbocycles. The molecular formula is C22H22N2O4. The second-order valence-corrected chi connectivity index (χ2v) is 6.87. The number of para-hydroxylation sites is 2. The third kappa shape index (κ3) is 3.34. The largest absolute Gasteiger partial charge is 0.493 e. The number of nitrogens with one attached hydrogen (secondary N) is 1. The number of methoxy groups -OCH3 is 1. The van der Waals surface area contributed by atoms with E-state index in [0.717, 1.165) is 22.1 Å². The average molecular weight is 378 g/mol. The maximum Gasteiger partial charge on any atom is 0.287 e. The van der Waals surface area contributed by atoms with Gasteiger partial charge in [0.2, 0.25) is 0 Å². The highest BCUT2D eigenvalue weighted by Crippen LogP contribution is 2.29. The van der Waals surface area contributed by atoms with E-state index in [-0.39, 0.29) is 17.7 Å². The smallest absolute Gasteiger partial charge is 0.287 e. The first-order valence-electron chi connectivity index (χ1n) is 9.06. The predicted octanol–water partition coefficient (Wildman–Crippen LogP) is 4.22. The Morgan fingerprint density at radius 2 is 1.86 bits per heavy atom. The molecule has 0 fully saturated rings. The summed E-state index contributed by atoms with van der Waals surface area (Å²) in [6.45, 7) is 0.389. The fourth-order valence-corrected chi connectivity index (χ4v) is 3.29. The van der Waals surface area contributed by atoms with Crippen molar-refractivity contribution in [3.63, 3.8) is 0 Å². The van der Waals surface area contributed by atoms with Crippen LogP contribution >= 0.6 is 0 Å². The lowest BCUT2D eigenvalue weighted by Crippen LogP contribution is -2.34. The number of carbonyl (C=O) groups is 1. The number of furan rings is 2. The van der Waals surface area contributed by atoms with Crippen LogP contribution in [0.15, 0.2) is 63.4 Å². The lowest BCUT2D eigenvalue weighted by Gasteiger charge is -2.22. The number of nitrogens with zero attached hydrogens (tertiary/aromatic N) is 1. The first kappa shape index (κ1) is 18.1. The highest BCUT2D eigenvalue weighted by molar-refractivity contribution is 5.97. The van der Waals surface area contributed by atoms with Gasteiger partial charge in [-0.3, -0.25) is 9.69 Å². The molecule has 4 rings (SSSR count). The molecule has 6 nitrogen and oxygen atoms in total. The van der Waals surface area contributed by atoms with Crippen LogP contribution in [0.5, 0.6) is 5.75 Å². The molecule has 2 aromatic carbocycles. The summed E-state index contributed by atoms with van der Waals surface area (Å²) in [7, 11) is 5.48. The molecule has 0 radical (unpaired) electrons. The number of hydrogen-bond donors (Lipinski definition) is 1. The van der Waals surface area contributed by atoms with Gasteiger partial charge in [0.05, 0.1) is 13.2 Å². The van der Waals surface area contributed by atoms with Crippen molar-refractivity contribution in [3.05, 3.63) is 66.1 Å². The molecule has 0 bridgehead atoms. The number of amides is 1. The summed E-state index contributed by atoms with van der Waals surface area (Å²) in [5.74, 6) is 1.38. The highest BCUT2D eigenvalue weighted by atomic mass is 16.5. The first-order valence-corrected chi connectivity index (χ1v) is 9.06. The highest BCUT2D eigenvalue weighted by Gasteiger charge is 2.21. The summed E-state index contributed by atoms with van der Waals surface area (Å²) in [4.78, 5) is 14.7. The molecule has 28 heavy (non-hydrogen) atoms. The zero-order chi connectivity index (χ0) is 19.7. The molecule has 1 amide bonds. The number of benzene rings is 2. The van der Waals surface area contributed by atoms with E-state index in [9.17, 15) is 4.79 Å². The van der Waals surface area contributed by atoms with Crippen molar-refractivity contribution in [2.75, 3.05) is 27.7 Å². The monoisotopic (exact) mass is 378 g/mol. The Kier molecular flexibility index (Phi) is 4.79. The number of likely N-dealkylation sites (N-methyl/N-ethyl adjacent to an activating group) is 1. The molecule has 1 N–H and O–H groups in total. The molecule has 0 spiro atoms. The Balaban J connectivity index is 1.53. The van der Waals surface area contributed by atoms with Crippen molar-refractivity contribution in [3.8, 4) is 5.75 Å². The van der Waals surface area contributed by atoms with Gasteiger partial charge in [0.25, 0.3) is 5.91 Å². The molecular weight excluding hydrogens is 356 g/mol. The Bertz CT molecular complexity index is 1090. The summed E-state index contributed by atoms with van der Waals surface area (Å²) < 4.78 is 17.0. The quantitative estimate of drug-likeness (QED) is 0.544. The Labute approximate surface area is 162 Å². The van der Waals surface area contributed by atoms with Crippen molar-refractivity contribution in [1.82, 2.24) is 10.2 Å². The van der Waals surface area contributed by atoms with Gasteiger partial charge in [-0.2, -0.15) is 0 Å². The zero-order valence-electron chi connectivity index (χ0n) is 16.1. The van der Waals surface area contributed by atoms with E-state index >= 15 is 0 Å². The first-order chi connectivity index (χ1) is 13.6. The van der Waals surface area contributed by atoms with Crippen molar-refractivity contribution in [1.29, 1.82) is 0 Å². The average Bonchev–Trinajstić information content (AvgIpc) is 3.31. The second kappa shape index (κ2) is 7.40. The fourth-order valence-electron chi connectivity index (χ4n) is 3.29. The number of carbonyl (C=O) groups excluding carboxylic acids is 1. The molecule has 0 aliphatic heterocycles. The number of rotatable bonds is 6. The van der Waals surface area contributed by atoms with Crippen LogP contribution in [0.4, 0.5) is 0 Å². The summed E-state index contributed by atoms with van der Waals surface area (Å²) in [6.07, 6.45) is 0. The van der Waals surface area contributed by atoms with Gasteiger partial charge in [-0.1, -0.05) is 30.3 Å². The van der Waals surface area contributed by atoms with Gasteiger partial charge in [0.15, 0.2) is 17.1 Å². The van der Waals surface area contributed by atoms with E-state index in [4.69, 9.17) is 13.6 Å². The normalized spacial score (nSPS) is 12.6. The van der Waals surface area contributed by atoms with Crippen molar-refractivity contribution >= 4 is 27.8 Å². The van der Waals surface area contributed by atoms with E-state index in [1.807, 2.05) is 61.5 Å². The third-order valence-electron chi connectivity index (χ3n) is 4.80. The number of hydrogen-bond acceptors (Lipinski definition) is 5. The molecule has 0 saturated carbocycles. The van der Waals surface area contributed by atoms with Crippen molar-refractivity contribution in [2.24, 2.45) is 0 Å². The molecule has 0 unspecified atom stereocenters. The van der Waals surface area contributed by atoms with Crippen molar-refractivity contribution in [2.45, 2.75) is 6.04 Å². The molecule has 4 aromatic rings. The minimum absolute atomic E-state index is 0.102. The number of fused-ring (bicyclic) bond motifs is 2. The van der Waals surface area contributed by atoms with Gasteiger partial charge in [-0.15, -0.1) is 0 Å². The Morgan fingerprint density at radius 1 is 1.07 bits per heavy atom. The Hall–Kier alpha value is -3.25. The van der Waals surface area contributed by atoms with E-state index in [0.29, 0.717) is 17.9 Å². The van der Waals surface area contributed by atoms with Gasteiger partial charge in [-0.05, 0) is 38.4 Å². The molecule has 2 aromatic heterocycles. The minimum atomic E-state index is -0.277. The van der Waals surface area contributed by atoms with Crippen LogP contribution in [0.3, 0.4) is 0 Å². The van der Waals surface area contributed by atoms with E-state index in [2.05, 4.69) is 5.32 Å². The molecule has 6 heteroatoms. The van der Waals surface area contributed by atoms with E-state index < -0.39 is 0 Å². The minimum Gasteiger partial charge on any atom is -0.493 e. The second-order valence-electron chi connectivity index (χ2n) is 6.87. The molecule has 2 heterocycles. The van der Waals surface area contributed by atoms with Crippen LogP contribution in [0.25, 0.3) is 21.9 Å². The maximum atomic E-state index is 12.6.